The van der Waals surface area contributed by atoms with E-state index in [1.165, 1.54) is 10.1 Å². The maximum Gasteiger partial charge on any atom is 0.306 e. The van der Waals surface area contributed by atoms with Gasteiger partial charge in [-0.3, -0.25) is 4.79 Å². The summed E-state index contributed by atoms with van der Waals surface area (Å²) in [5.74, 6) is -0.962. The second-order valence-electron chi connectivity index (χ2n) is 3.90. The normalized spacial score (nSPS) is 12.8. The molecule has 1 atom stereocenters. The first-order valence-electron chi connectivity index (χ1n) is 5.40. The van der Waals surface area contributed by atoms with E-state index >= 15 is 0 Å². The third-order valence-electron chi connectivity index (χ3n) is 2.87. The zero-order valence-electron chi connectivity index (χ0n) is 9.14. The summed E-state index contributed by atoms with van der Waals surface area (Å²) in [5, 5.41) is 12.3. The molecule has 0 spiro atoms. The van der Waals surface area contributed by atoms with Crippen LogP contribution in [0.4, 0.5) is 0 Å². The number of thiophene rings is 1. The zero-order chi connectivity index (χ0) is 11.5. The average molecular weight is 234 g/mol. The molecule has 84 valence electrons. The summed E-state index contributed by atoms with van der Waals surface area (Å²) in [5.41, 5.74) is 1.16. The summed E-state index contributed by atoms with van der Waals surface area (Å²) < 4.78 is 1.23. The van der Waals surface area contributed by atoms with Crippen molar-refractivity contribution in [3.05, 3.63) is 35.2 Å². The number of carbonyl (C=O) groups is 1. The Morgan fingerprint density at radius 3 is 2.88 bits per heavy atom. The number of hydrogen-bond donors (Lipinski definition) is 1. The van der Waals surface area contributed by atoms with E-state index in [-0.39, 0.29) is 5.92 Å². The molecule has 1 heterocycles. The summed E-state index contributed by atoms with van der Waals surface area (Å²) >= 11 is 1.69. The second kappa shape index (κ2) is 4.66. The van der Waals surface area contributed by atoms with Gasteiger partial charge in [0.1, 0.15) is 0 Å². The van der Waals surface area contributed by atoms with Gasteiger partial charge in [-0.1, -0.05) is 25.1 Å². The second-order valence-corrected chi connectivity index (χ2v) is 4.82. The highest BCUT2D eigenvalue weighted by Crippen LogP contribution is 2.28. The third kappa shape index (κ3) is 2.09. The highest BCUT2D eigenvalue weighted by Gasteiger charge is 2.17. The van der Waals surface area contributed by atoms with Crippen LogP contribution < -0.4 is 0 Å². The maximum atomic E-state index is 11.0. The van der Waals surface area contributed by atoms with Crippen LogP contribution in [0.5, 0.6) is 0 Å². The van der Waals surface area contributed by atoms with Gasteiger partial charge in [0.05, 0.1) is 5.92 Å². The van der Waals surface area contributed by atoms with Crippen LogP contribution in [-0.4, -0.2) is 11.1 Å². The van der Waals surface area contributed by atoms with Crippen LogP contribution in [0.2, 0.25) is 0 Å². The van der Waals surface area contributed by atoms with E-state index in [9.17, 15) is 4.79 Å². The van der Waals surface area contributed by atoms with Crippen molar-refractivity contribution in [1.29, 1.82) is 0 Å². The molecule has 0 aliphatic rings. The Bertz CT molecular complexity index is 501. The molecule has 0 fully saturated rings. The van der Waals surface area contributed by atoms with Gasteiger partial charge in [0.25, 0.3) is 0 Å². The van der Waals surface area contributed by atoms with Crippen molar-refractivity contribution < 1.29 is 9.90 Å². The number of aliphatic carboxylic acids is 1. The molecule has 0 aliphatic heterocycles. The molecule has 2 nitrogen and oxygen atoms in total. The van der Waals surface area contributed by atoms with E-state index < -0.39 is 5.97 Å². The van der Waals surface area contributed by atoms with Crippen molar-refractivity contribution in [3.63, 3.8) is 0 Å². The lowest BCUT2D eigenvalue weighted by Crippen LogP contribution is -2.14. The molecule has 0 saturated carbocycles. The first kappa shape index (κ1) is 11.1. The van der Waals surface area contributed by atoms with Gasteiger partial charge in [0, 0.05) is 4.70 Å². The van der Waals surface area contributed by atoms with Crippen molar-refractivity contribution in [2.24, 2.45) is 5.92 Å². The minimum absolute atomic E-state index is 0.266. The van der Waals surface area contributed by atoms with Gasteiger partial charge >= 0.3 is 5.97 Å². The van der Waals surface area contributed by atoms with Gasteiger partial charge in [-0.15, -0.1) is 11.3 Å². The molecule has 0 radical (unpaired) electrons. The molecule has 2 rings (SSSR count). The first-order valence-corrected chi connectivity index (χ1v) is 6.28. The molecule has 3 heteroatoms. The predicted octanol–water partition coefficient (Wildman–Crippen LogP) is 3.55. The number of carboxylic acids is 1. The van der Waals surface area contributed by atoms with Crippen LogP contribution in [-0.2, 0) is 11.2 Å². The smallest absolute Gasteiger partial charge is 0.306 e. The number of fused-ring (bicyclic) bond motifs is 1. The van der Waals surface area contributed by atoms with Gasteiger partial charge in [0.2, 0.25) is 0 Å². The van der Waals surface area contributed by atoms with Crippen LogP contribution >= 0.6 is 11.3 Å². The lowest BCUT2D eigenvalue weighted by Gasteiger charge is -2.08. The zero-order valence-corrected chi connectivity index (χ0v) is 9.96. The van der Waals surface area contributed by atoms with Crippen LogP contribution in [0.25, 0.3) is 10.1 Å². The Balaban J connectivity index is 2.30. The van der Waals surface area contributed by atoms with Crippen molar-refractivity contribution in [2.75, 3.05) is 0 Å². The van der Waals surface area contributed by atoms with E-state index in [0.29, 0.717) is 12.8 Å². The summed E-state index contributed by atoms with van der Waals surface area (Å²) in [6, 6.07) is 8.15. The largest absolute Gasteiger partial charge is 0.481 e. The van der Waals surface area contributed by atoms with E-state index in [0.717, 1.165) is 5.56 Å². The molecule has 0 aliphatic carbocycles. The quantitative estimate of drug-likeness (QED) is 0.878. The predicted molar refractivity (Wildman–Crippen MR) is 66.9 cm³/mol. The maximum absolute atomic E-state index is 11.0. The highest BCUT2D eigenvalue weighted by atomic mass is 32.1. The molecule has 2 aromatic rings. The van der Waals surface area contributed by atoms with Crippen LogP contribution in [0.3, 0.4) is 0 Å². The standard InChI is InChI=1S/C13H14O2S/c1-2-9(13(14)15)7-10-8-16-12-6-4-3-5-11(10)12/h3-6,8-9H,2,7H2,1H3,(H,14,15). The Kier molecular flexibility index (Phi) is 3.25. The minimum Gasteiger partial charge on any atom is -0.481 e. The van der Waals surface area contributed by atoms with Crippen LogP contribution in [0, 0.1) is 5.92 Å². The van der Waals surface area contributed by atoms with E-state index in [2.05, 4.69) is 17.5 Å². The SMILES string of the molecule is CCC(Cc1csc2ccccc12)C(=O)O. The molecule has 16 heavy (non-hydrogen) atoms. The summed E-state index contributed by atoms with van der Waals surface area (Å²) in [4.78, 5) is 11.0. The topological polar surface area (TPSA) is 37.3 Å². The lowest BCUT2D eigenvalue weighted by atomic mass is 9.97. The molecular formula is C13H14O2S. The van der Waals surface area contributed by atoms with Crippen molar-refractivity contribution in [1.82, 2.24) is 0 Å². The Labute approximate surface area is 98.5 Å². The number of carboxylic acid groups (broad SMARTS) is 1. The van der Waals surface area contributed by atoms with Crippen LogP contribution in [0.1, 0.15) is 18.9 Å². The fraction of sp³-hybridized carbons (Fsp3) is 0.308. The summed E-state index contributed by atoms with van der Waals surface area (Å²) in [6.07, 6.45) is 1.31. The minimum atomic E-state index is -0.696. The van der Waals surface area contributed by atoms with E-state index in [4.69, 9.17) is 5.11 Å². The highest BCUT2D eigenvalue weighted by molar-refractivity contribution is 7.17. The van der Waals surface area contributed by atoms with Crippen molar-refractivity contribution in [2.45, 2.75) is 19.8 Å². The molecule has 0 amide bonds. The van der Waals surface area contributed by atoms with Crippen molar-refractivity contribution >= 4 is 27.4 Å². The van der Waals surface area contributed by atoms with E-state index in [1.807, 2.05) is 19.1 Å². The molecule has 1 N–H and O–H groups in total. The van der Waals surface area contributed by atoms with E-state index in [1.54, 1.807) is 11.3 Å². The van der Waals surface area contributed by atoms with Gasteiger partial charge in [-0.25, -0.2) is 0 Å². The Morgan fingerprint density at radius 2 is 2.19 bits per heavy atom. The lowest BCUT2D eigenvalue weighted by molar-refractivity contribution is -0.141. The molecule has 1 unspecified atom stereocenters. The monoisotopic (exact) mass is 234 g/mol. The number of hydrogen-bond acceptors (Lipinski definition) is 2. The molecule has 0 bridgehead atoms. The molecule has 1 aromatic carbocycles. The van der Waals surface area contributed by atoms with Gasteiger partial charge in [-0.2, -0.15) is 0 Å². The first-order chi connectivity index (χ1) is 7.72. The van der Waals surface area contributed by atoms with Crippen LogP contribution in [0.15, 0.2) is 29.6 Å². The van der Waals surface area contributed by atoms with Gasteiger partial charge in [-0.05, 0) is 35.2 Å². The summed E-state index contributed by atoms with van der Waals surface area (Å²) in [7, 11) is 0. The average Bonchev–Trinajstić information content (AvgIpc) is 2.69. The number of rotatable bonds is 4. The van der Waals surface area contributed by atoms with Crippen molar-refractivity contribution in [3.8, 4) is 0 Å². The Morgan fingerprint density at radius 1 is 1.44 bits per heavy atom. The third-order valence-corrected chi connectivity index (χ3v) is 3.88. The summed E-state index contributed by atoms with van der Waals surface area (Å²) in [6.45, 7) is 1.92. The van der Waals surface area contributed by atoms with Gasteiger partial charge in [0.15, 0.2) is 0 Å². The molecule has 1 aromatic heterocycles. The molecule has 0 saturated heterocycles. The fourth-order valence-electron chi connectivity index (χ4n) is 1.86. The van der Waals surface area contributed by atoms with Gasteiger partial charge < -0.3 is 5.11 Å². The number of benzene rings is 1. The fourth-order valence-corrected chi connectivity index (χ4v) is 2.84. The Hall–Kier alpha value is -1.35. The molecular weight excluding hydrogens is 220 g/mol.